The van der Waals surface area contributed by atoms with Crippen LogP contribution < -0.4 is 9.47 Å². The van der Waals surface area contributed by atoms with Crippen LogP contribution in [0.3, 0.4) is 0 Å². The van der Waals surface area contributed by atoms with Gasteiger partial charge in [-0.15, -0.1) is 0 Å². The summed E-state index contributed by atoms with van der Waals surface area (Å²) in [6.45, 7) is 0. The van der Waals surface area contributed by atoms with Gasteiger partial charge in [-0.25, -0.2) is 0 Å². The second-order valence-electron chi connectivity index (χ2n) is 3.60. The van der Waals surface area contributed by atoms with Crippen LogP contribution in [0.25, 0.3) is 0 Å². The summed E-state index contributed by atoms with van der Waals surface area (Å²) < 4.78 is 20.1. The van der Waals surface area contributed by atoms with E-state index in [0.29, 0.717) is 17.1 Å². The van der Waals surface area contributed by atoms with Crippen molar-refractivity contribution in [2.45, 2.75) is 12.7 Å². The molecule has 18 heavy (non-hydrogen) atoms. The first-order chi connectivity index (χ1) is 8.63. The highest BCUT2D eigenvalue weighted by Crippen LogP contribution is 2.33. The SMILES string of the molecule is COc1ccc(C2OC(=O)CC(=O)O2)c(OC)c1. The van der Waals surface area contributed by atoms with Crippen molar-refractivity contribution >= 4 is 11.9 Å². The minimum Gasteiger partial charge on any atom is -0.497 e. The average molecular weight is 252 g/mol. The summed E-state index contributed by atoms with van der Waals surface area (Å²) in [4.78, 5) is 22.4. The Kier molecular flexibility index (Phi) is 3.36. The summed E-state index contributed by atoms with van der Waals surface area (Å²) in [6.07, 6.45) is -1.44. The maximum absolute atomic E-state index is 11.2. The number of cyclic esters (lactones) is 2. The fraction of sp³-hybridized carbons (Fsp3) is 0.333. The van der Waals surface area contributed by atoms with Gasteiger partial charge in [0.15, 0.2) is 0 Å². The highest BCUT2D eigenvalue weighted by molar-refractivity contribution is 5.92. The van der Waals surface area contributed by atoms with Gasteiger partial charge in [0.2, 0.25) is 0 Å². The Morgan fingerprint density at radius 3 is 2.33 bits per heavy atom. The number of hydrogen-bond acceptors (Lipinski definition) is 6. The highest BCUT2D eigenvalue weighted by Gasteiger charge is 2.31. The molecule has 0 aliphatic carbocycles. The summed E-state index contributed by atoms with van der Waals surface area (Å²) in [5.74, 6) is -0.228. The highest BCUT2D eigenvalue weighted by atomic mass is 16.7. The van der Waals surface area contributed by atoms with Gasteiger partial charge in [-0.3, -0.25) is 9.59 Å². The van der Waals surface area contributed by atoms with Crippen molar-refractivity contribution in [2.24, 2.45) is 0 Å². The molecule has 96 valence electrons. The van der Waals surface area contributed by atoms with E-state index in [9.17, 15) is 9.59 Å². The molecule has 1 aromatic rings. The Bertz CT molecular complexity index is 465. The number of hydrogen-bond donors (Lipinski definition) is 0. The van der Waals surface area contributed by atoms with Crippen molar-refractivity contribution in [1.82, 2.24) is 0 Å². The van der Waals surface area contributed by atoms with Crippen LogP contribution in [0.2, 0.25) is 0 Å². The van der Waals surface area contributed by atoms with Crippen LogP contribution in [0.1, 0.15) is 18.3 Å². The molecule has 6 heteroatoms. The molecule has 0 unspecified atom stereocenters. The van der Waals surface area contributed by atoms with Gasteiger partial charge in [0, 0.05) is 6.07 Å². The fourth-order valence-corrected chi connectivity index (χ4v) is 1.60. The van der Waals surface area contributed by atoms with Gasteiger partial charge in [-0.2, -0.15) is 0 Å². The van der Waals surface area contributed by atoms with Crippen LogP contribution in [0.15, 0.2) is 18.2 Å². The molecule has 0 saturated carbocycles. The van der Waals surface area contributed by atoms with Crippen LogP contribution in [0.4, 0.5) is 0 Å². The number of carbonyl (C=O) groups is 2. The second-order valence-corrected chi connectivity index (χ2v) is 3.60. The number of esters is 2. The van der Waals surface area contributed by atoms with Crippen LogP contribution in [0, 0.1) is 0 Å². The number of carbonyl (C=O) groups excluding carboxylic acids is 2. The van der Waals surface area contributed by atoms with E-state index in [2.05, 4.69) is 0 Å². The maximum Gasteiger partial charge on any atom is 0.320 e. The van der Waals surface area contributed by atoms with E-state index >= 15 is 0 Å². The maximum atomic E-state index is 11.2. The lowest BCUT2D eigenvalue weighted by Crippen LogP contribution is -2.27. The molecule has 0 spiro atoms. The minimum absolute atomic E-state index is 0.366. The summed E-state index contributed by atoms with van der Waals surface area (Å²) in [5.41, 5.74) is 0.458. The molecular formula is C12H12O6. The zero-order valence-corrected chi connectivity index (χ0v) is 9.97. The molecule has 0 atom stereocenters. The van der Waals surface area contributed by atoms with E-state index in [1.807, 2.05) is 0 Å². The first-order valence-corrected chi connectivity index (χ1v) is 5.25. The van der Waals surface area contributed by atoms with Crippen molar-refractivity contribution in [2.75, 3.05) is 14.2 Å². The number of ether oxygens (including phenoxy) is 4. The summed E-state index contributed by atoms with van der Waals surface area (Å²) in [7, 11) is 2.99. The number of methoxy groups -OCH3 is 2. The van der Waals surface area contributed by atoms with Gasteiger partial charge in [0.1, 0.15) is 17.9 Å². The second kappa shape index (κ2) is 4.95. The van der Waals surface area contributed by atoms with Gasteiger partial charge >= 0.3 is 11.9 Å². The molecule has 2 rings (SSSR count). The molecular weight excluding hydrogens is 240 g/mol. The predicted molar refractivity (Wildman–Crippen MR) is 59.1 cm³/mol. The standard InChI is InChI=1S/C12H12O6/c1-15-7-3-4-8(9(5-7)16-2)12-17-10(13)6-11(14)18-12/h3-5,12H,6H2,1-2H3. The summed E-state index contributed by atoms with van der Waals surface area (Å²) in [6, 6.07) is 4.90. The van der Waals surface area contributed by atoms with E-state index in [1.165, 1.54) is 14.2 Å². The average Bonchev–Trinajstić information content (AvgIpc) is 2.36. The zero-order valence-electron chi connectivity index (χ0n) is 9.97. The molecule has 6 nitrogen and oxygen atoms in total. The van der Waals surface area contributed by atoms with Gasteiger partial charge in [-0.1, -0.05) is 0 Å². The molecule has 1 fully saturated rings. The van der Waals surface area contributed by atoms with Crippen LogP contribution in [0.5, 0.6) is 11.5 Å². The molecule has 0 radical (unpaired) electrons. The van der Waals surface area contributed by atoms with Crippen molar-refractivity contribution in [3.05, 3.63) is 23.8 Å². The molecule has 1 aliphatic rings. The Labute approximate surface area is 103 Å². The van der Waals surface area contributed by atoms with Crippen molar-refractivity contribution < 1.29 is 28.5 Å². The van der Waals surface area contributed by atoms with E-state index in [-0.39, 0.29) is 6.42 Å². The van der Waals surface area contributed by atoms with Crippen LogP contribution in [-0.4, -0.2) is 26.2 Å². The monoisotopic (exact) mass is 252 g/mol. The fourth-order valence-electron chi connectivity index (χ4n) is 1.60. The first-order valence-electron chi connectivity index (χ1n) is 5.25. The Balaban J connectivity index is 2.32. The third kappa shape index (κ3) is 2.37. The lowest BCUT2D eigenvalue weighted by atomic mass is 10.1. The predicted octanol–water partition coefficient (Wildman–Crippen LogP) is 1.19. The molecule has 1 heterocycles. The third-order valence-electron chi connectivity index (χ3n) is 2.46. The zero-order chi connectivity index (χ0) is 13.1. The smallest absolute Gasteiger partial charge is 0.320 e. The van der Waals surface area contributed by atoms with Crippen LogP contribution in [-0.2, 0) is 19.1 Å². The first kappa shape index (κ1) is 12.2. The lowest BCUT2D eigenvalue weighted by Gasteiger charge is -2.23. The molecule has 1 aromatic carbocycles. The Hall–Kier alpha value is -2.24. The largest absolute Gasteiger partial charge is 0.497 e. The number of benzene rings is 1. The van der Waals surface area contributed by atoms with E-state index in [1.54, 1.807) is 18.2 Å². The summed E-state index contributed by atoms with van der Waals surface area (Å²) >= 11 is 0. The van der Waals surface area contributed by atoms with Crippen molar-refractivity contribution in [3.63, 3.8) is 0 Å². The summed E-state index contributed by atoms with van der Waals surface area (Å²) in [5, 5.41) is 0. The van der Waals surface area contributed by atoms with E-state index in [0.717, 1.165) is 0 Å². The van der Waals surface area contributed by atoms with Gasteiger partial charge in [0.25, 0.3) is 6.29 Å². The Morgan fingerprint density at radius 2 is 1.78 bits per heavy atom. The number of rotatable bonds is 3. The molecule has 0 N–H and O–H groups in total. The minimum atomic E-state index is -1.07. The van der Waals surface area contributed by atoms with Crippen molar-refractivity contribution in [3.8, 4) is 11.5 Å². The van der Waals surface area contributed by atoms with Crippen LogP contribution >= 0.6 is 0 Å². The van der Waals surface area contributed by atoms with Crippen molar-refractivity contribution in [1.29, 1.82) is 0 Å². The normalized spacial score (nSPS) is 15.9. The molecule has 1 saturated heterocycles. The molecule has 0 bridgehead atoms. The lowest BCUT2D eigenvalue weighted by molar-refractivity contribution is -0.205. The topological polar surface area (TPSA) is 71.1 Å². The Morgan fingerprint density at radius 1 is 1.11 bits per heavy atom. The molecule has 0 amide bonds. The van der Waals surface area contributed by atoms with Gasteiger partial charge in [-0.05, 0) is 12.1 Å². The third-order valence-corrected chi connectivity index (χ3v) is 2.46. The molecule has 1 aliphatic heterocycles. The molecule has 0 aromatic heterocycles. The van der Waals surface area contributed by atoms with Gasteiger partial charge in [0.05, 0.1) is 19.8 Å². The van der Waals surface area contributed by atoms with E-state index < -0.39 is 18.2 Å². The quantitative estimate of drug-likeness (QED) is 0.594. The van der Waals surface area contributed by atoms with Gasteiger partial charge < -0.3 is 18.9 Å². The van der Waals surface area contributed by atoms with E-state index in [4.69, 9.17) is 18.9 Å².